The molecular weight excluding hydrogens is 577 g/mol. The number of thiazole rings is 1. The highest BCUT2D eigenvalue weighted by Gasteiger charge is 2.28. The molecule has 0 amide bonds. The van der Waals surface area contributed by atoms with Gasteiger partial charge >= 0.3 is 5.97 Å². The van der Waals surface area contributed by atoms with Crippen LogP contribution in [-0.4, -0.2) is 64.3 Å². The Kier molecular flexibility index (Phi) is 8.21. The van der Waals surface area contributed by atoms with E-state index < -0.39 is 17.2 Å². The number of nitrogens with zero attached hydrogens (tertiary/aromatic N) is 6. The van der Waals surface area contributed by atoms with Crippen LogP contribution in [0.3, 0.4) is 0 Å². The minimum Gasteiger partial charge on any atom is -0.487 e. The summed E-state index contributed by atoms with van der Waals surface area (Å²) in [6.07, 6.45) is 3.50. The summed E-state index contributed by atoms with van der Waals surface area (Å²) in [5, 5.41) is 16.6. The predicted octanol–water partition coefficient (Wildman–Crippen LogP) is 4.55. The number of hydrogen-bond acceptors (Lipinski definition) is 8. The van der Waals surface area contributed by atoms with Gasteiger partial charge in [0, 0.05) is 34.3 Å². The number of hydrogen-bond donors (Lipinski definition) is 1. The summed E-state index contributed by atoms with van der Waals surface area (Å²) in [5.74, 6) is -0.508. The zero-order chi connectivity index (χ0) is 30.8. The molecule has 4 radical (unpaired) electrons. The number of rotatable bonds is 9. The van der Waals surface area contributed by atoms with E-state index in [0.29, 0.717) is 13.1 Å². The van der Waals surface area contributed by atoms with E-state index in [1.807, 2.05) is 24.4 Å². The van der Waals surface area contributed by atoms with Crippen molar-refractivity contribution >= 4 is 44.0 Å². The van der Waals surface area contributed by atoms with E-state index in [1.54, 1.807) is 41.1 Å². The van der Waals surface area contributed by atoms with Gasteiger partial charge < -0.3 is 14.4 Å². The molecule has 1 N–H and O–H groups in total. The van der Waals surface area contributed by atoms with E-state index in [1.165, 1.54) is 12.1 Å². The van der Waals surface area contributed by atoms with E-state index >= 15 is 0 Å². The van der Waals surface area contributed by atoms with Crippen LogP contribution in [0.5, 0.6) is 5.88 Å². The molecule has 5 aromatic rings. The van der Waals surface area contributed by atoms with Gasteiger partial charge in [-0.1, -0.05) is 12.1 Å². The zero-order valence-corrected chi connectivity index (χ0v) is 24.4. The van der Waals surface area contributed by atoms with Crippen LogP contribution in [-0.2, 0) is 18.5 Å². The van der Waals surface area contributed by atoms with Gasteiger partial charge in [0.05, 0.1) is 52.2 Å². The van der Waals surface area contributed by atoms with Crippen LogP contribution < -0.4 is 4.74 Å². The van der Waals surface area contributed by atoms with Crippen LogP contribution in [0.1, 0.15) is 56.6 Å². The van der Waals surface area contributed by atoms with Gasteiger partial charge in [0.2, 0.25) is 5.88 Å². The van der Waals surface area contributed by atoms with Crippen molar-refractivity contribution in [2.75, 3.05) is 13.1 Å². The first kappa shape index (κ1) is 29.5. The monoisotopic (exact) mass is 602 g/mol. The minimum atomic E-state index is -1.98. The number of nitriles is 1. The third-order valence-electron chi connectivity index (χ3n) is 7.78. The number of benzene rings is 2. The Bertz CT molecular complexity index is 1870. The molecule has 44 heavy (non-hydrogen) atoms. The molecule has 0 bridgehead atoms. The molecule has 1 saturated heterocycles. The average molecular weight is 602 g/mol. The van der Waals surface area contributed by atoms with Gasteiger partial charge in [0.1, 0.15) is 27.3 Å². The summed E-state index contributed by atoms with van der Waals surface area (Å²) in [5.41, 5.74) is 4.43. The predicted molar refractivity (Wildman–Crippen MR) is 164 cm³/mol. The summed E-state index contributed by atoms with van der Waals surface area (Å²) >= 11 is 1.55. The number of halogens is 1. The zero-order valence-electron chi connectivity index (χ0n) is 23.6. The second-order valence-electron chi connectivity index (χ2n) is 10.7. The Balaban J connectivity index is 1.15. The topological polar surface area (TPSA) is 117 Å². The fraction of sp³-hybridized carbons (Fsp3) is 0.258. The molecule has 2 aromatic carbocycles. The van der Waals surface area contributed by atoms with Crippen molar-refractivity contribution in [2.45, 2.75) is 37.2 Å². The summed E-state index contributed by atoms with van der Waals surface area (Å²) in [6, 6.07) is 16.1. The first-order valence-corrected chi connectivity index (χ1v) is 14.8. The molecule has 1 fully saturated rings. The second-order valence-corrected chi connectivity index (χ2v) is 11.7. The fourth-order valence-electron chi connectivity index (χ4n) is 5.51. The molecule has 0 spiro atoms. The maximum Gasteiger partial charge on any atom is 0.335 e. The number of aromatic carboxylic acids is 1. The Morgan fingerprint density at radius 2 is 1.95 bits per heavy atom. The van der Waals surface area contributed by atoms with Crippen molar-refractivity contribution in [3.05, 3.63) is 105 Å². The van der Waals surface area contributed by atoms with Crippen LogP contribution in [0.25, 0.3) is 11.0 Å². The third-order valence-corrected chi connectivity index (χ3v) is 8.54. The third kappa shape index (κ3) is 6.23. The van der Waals surface area contributed by atoms with Crippen LogP contribution in [0.4, 0.5) is 4.39 Å². The molecule has 6 rings (SSSR count). The lowest BCUT2D eigenvalue weighted by Gasteiger charge is -2.32. The smallest absolute Gasteiger partial charge is 0.335 e. The first-order valence-electron chi connectivity index (χ1n) is 14.0. The van der Waals surface area contributed by atoms with E-state index in [4.69, 9.17) is 30.7 Å². The van der Waals surface area contributed by atoms with Gasteiger partial charge in [-0.05, 0) is 62.3 Å². The van der Waals surface area contributed by atoms with E-state index in [9.17, 15) is 14.3 Å². The number of piperidine rings is 1. The van der Waals surface area contributed by atoms with Crippen LogP contribution in [0.2, 0.25) is 0 Å². The Hall–Kier alpha value is -4.53. The van der Waals surface area contributed by atoms with E-state index in [-0.39, 0.29) is 28.5 Å². The van der Waals surface area contributed by atoms with Gasteiger partial charge in [0.15, 0.2) is 0 Å². The van der Waals surface area contributed by atoms with Crippen LogP contribution in [0, 0.1) is 17.1 Å². The number of fused-ring (bicyclic) bond motifs is 1. The first-order chi connectivity index (χ1) is 21.2. The summed E-state index contributed by atoms with van der Waals surface area (Å²) in [6.45, 7) is 2.77. The number of aromatic nitrogens is 4. The van der Waals surface area contributed by atoms with Crippen molar-refractivity contribution in [2.24, 2.45) is 0 Å². The van der Waals surface area contributed by atoms with Crippen molar-refractivity contribution < 1.29 is 19.0 Å². The Morgan fingerprint density at radius 3 is 2.66 bits per heavy atom. The number of imidazole rings is 1. The molecule has 1 aliphatic heterocycles. The Labute approximate surface area is 259 Å². The van der Waals surface area contributed by atoms with E-state index in [2.05, 4.69) is 19.4 Å². The molecule has 13 heteroatoms. The number of carboxylic acids is 1. The van der Waals surface area contributed by atoms with Crippen molar-refractivity contribution in [3.63, 3.8) is 0 Å². The lowest BCUT2D eigenvalue weighted by molar-refractivity contribution is 0.0697. The minimum absolute atomic E-state index is 0.0856. The largest absolute Gasteiger partial charge is 0.487 e. The molecule has 0 atom stereocenters. The number of ether oxygens (including phenoxy) is 1. The van der Waals surface area contributed by atoms with Crippen LogP contribution in [0.15, 0.2) is 66.3 Å². The van der Waals surface area contributed by atoms with Gasteiger partial charge in [0.25, 0.3) is 0 Å². The average Bonchev–Trinajstić information content (AvgIpc) is 3.65. The number of likely N-dealkylation sites (tertiary alicyclic amines) is 1. The fourth-order valence-corrected chi connectivity index (χ4v) is 6.09. The molecule has 4 heterocycles. The van der Waals surface area contributed by atoms with Crippen molar-refractivity contribution in [1.82, 2.24) is 24.4 Å². The highest BCUT2D eigenvalue weighted by atomic mass is 32.1. The highest BCUT2D eigenvalue weighted by molar-refractivity contribution is 7.09. The standard InChI is InChI=1S/C31H25B2FN6O3S/c32-31(33,23-6-4-19(14-35)12-24(23)34)43-29-3-1-2-25(38-29)20-8-10-39(11-9-20)17-28-37-26-7-5-21(30(41)42)13-27(26)40(28)16-22-15-36-18-44-22/h1-7,12-13,15,18,20H,8-11,16-17H2,(H,41,42). The maximum absolute atomic E-state index is 14.6. The number of carboxylic acid groups (broad SMARTS) is 1. The molecule has 1 aliphatic rings. The van der Waals surface area contributed by atoms with E-state index in [0.717, 1.165) is 59.4 Å². The SMILES string of the molecule is [B]C([B])(Oc1cccc(C2CCN(Cc3nc4ccc(C(=O)O)cc4n3Cc3cncs3)CC2)n1)c1ccc(C#N)cc1F. The summed E-state index contributed by atoms with van der Waals surface area (Å²) in [4.78, 5) is 28.7. The lowest BCUT2D eigenvalue weighted by atomic mass is 9.61. The normalized spacial score (nSPS) is 14.5. The summed E-state index contributed by atoms with van der Waals surface area (Å²) < 4.78 is 22.4. The maximum atomic E-state index is 14.6. The lowest BCUT2D eigenvalue weighted by Crippen LogP contribution is -2.36. The van der Waals surface area contributed by atoms with Gasteiger partial charge in [-0.3, -0.25) is 9.88 Å². The highest BCUT2D eigenvalue weighted by Crippen LogP contribution is 2.31. The molecule has 0 saturated carbocycles. The molecule has 9 nitrogen and oxygen atoms in total. The van der Waals surface area contributed by atoms with Gasteiger partial charge in [-0.15, -0.1) is 11.3 Å². The quantitative estimate of drug-likeness (QED) is 0.245. The van der Waals surface area contributed by atoms with Gasteiger partial charge in [-0.25, -0.2) is 19.2 Å². The molecule has 0 unspecified atom stereocenters. The van der Waals surface area contributed by atoms with Crippen LogP contribution >= 0.6 is 11.3 Å². The number of pyridine rings is 1. The van der Waals surface area contributed by atoms with Crippen molar-refractivity contribution in [3.8, 4) is 11.9 Å². The number of carbonyl (C=O) groups is 1. The Morgan fingerprint density at radius 1 is 1.14 bits per heavy atom. The summed E-state index contributed by atoms with van der Waals surface area (Å²) in [7, 11) is 12.3. The molecular formula is C31H25B2FN6O3S. The molecule has 3 aromatic heterocycles. The second kappa shape index (κ2) is 12.2. The molecule has 216 valence electrons. The van der Waals surface area contributed by atoms with Crippen molar-refractivity contribution in [1.29, 1.82) is 5.26 Å². The van der Waals surface area contributed by atoms with Gasteiger partial charge in [-0.2, -0.15) is 5.26 Å². The molecule has 0 aliphatic carbocycles.